The lowest BCUT2D eigenvalue weighted by Crippen LogP contribution is -2.14. The van der Waals surface area contributed by atoms with Gasteiger partial charge in [-0.2, -0.15) is 0 Å². The third-order valence-corrected chi connectivity index (χ3v) is 28.7. The van der Waals surface area contributed by atoms with Gasteiger partial charge in [-0.3, -0.25) is 23.5 Å². The monoisotopic (exact) mass is 1940 g/mol. The first-order valence-corrected chi connectivity index (χ1v) is 50.8. The molecule has 725 valence electrons. The van der Waals surface area contributed by atoms with E-state index in [9.17, 15) is 24.0 Å². The molecule has 0 amide bonds. The molecule has 135 heavy (non-hydrogen) atoms. The second-order valence-electron chi connectivity index (χ2n) is 36.7. The van der Waals surface area contributed by atoms with Crippen LogP contribution >= 0.6 is 63.1 Å². The molecule has 15 rings (SSSR count). The van der Waals surface area contributed by atoms with Gasteiger partial charge in [0.1, 0.15) is 28.7 Å². The van der Waals surface area contributed by atoms with Crippen LogP contribution in [0.3, 0.4) is 0 Å². The smallest absolute Gasteiger partial charge is 0.343 e. The van der Waals surface area contributed by atoms with E-state index in [-0.39, 0.29) is 53.4 Å². The number of halogens is 5. The number of unbranched alkanes of at least 4 members (excludes halogenated alkanes) is 5. The summed E-state index contributed by atoms with van der Waals surface area (Å²) in [6.07, 6.45) is 46.4. The molecule has 0 aliphatic heterocycles. The van der Waals surface area contributed by atoms with Gasteiger partial charge in [0.15, 0.2) is 0 Å². The van der Waals surface area contributed by atoms with Crippen LogP contribution in [0, 0.1) is 29.6 Å². The highest BCUT2D eigenvalue weighted by Crippen LogP contribution is 2.44. The number of carbonyl (C=O) groups is 5. The Balaban J connectivity index is 0.000000257. The van der Waals surface area contributed by atoms with Gasteiger partial charge in [-0.1, -0.05) is 255 Å². The fraction of sp³-hybridized carbons (Fsp3) is 0.435. The van der Waals surface area contributed by atoms with Crippen LogP contribution in [0.5, 0.6) is 28.7 Å². The maximum absolute atomic E-state index is 12.3. The molecule has 0 aromatic heterocycles. The fourth-order valence-corrected chi connectivity index (χ4v) is 19.9. The fourth-order valence-electron chi connectivity index (χ4n) is 19.2. The zero-order chi connectivity index (χ0) is 91.8. The Bertz CT molecular complexity index is 4260. The van der Waals surface area contributed by atoms with Crippen molar-refractivity contribution in [3.8, 4) is 28.7 Å². The molecule has 20 heteroatoms. The number of hydrogen-bond acceptors (Lipinski definition) is 10. The van der Waals surface area contributed by atoms with Crippen molar-refractivity contribution in [3.05, 3.63) is 298 Å². The summed E-state index contributed by atoms with van der Waals surface area (Å²) in [6.45, 7) is 11.4. The molecule has 0 heterocycles. The first kappa shape index (κ1) is 114. The number of rotatable bonds is 30. The summed E-state index contributed by atoms with van der Waals surface area (Å²) in [6, 6.07) is 74.8. The largest absolute Gasteiger partial charge is 0.423 e. The van der Waals surface area contributed by atoms with E-state index in [1.165, 1.54) is 253 Å². The van der Waals surface area contributed by atoms with E-state index in [0.717, 1.165) is 54.1 Å². The zero-order valence-electron chi connectivity index (χ0n) is 79.3. The van der Waals surface area contributed by atoms with E-state index < -0.39 is 0 Å². The van der Waals surface area contributed by atoms with E-state index in [2.05, 4.69) is 95.3 Å². The van der Waals surface area contributed by atoms with E-state index in [4.69, 9.17) is 86.8 Å². The van der Waals surface area contributed by atoms with Crippen molar-refractivity contribution in [2.45, 2.75) is 313 Å². The Morgan fingerprint density at radius 1 is 0.200 bits per heavy atom. The van der Waals surface area contributed by atoms with Crippen LogP contribution in [-0.4, -0.2) is 29.8 Å². The molecule has 5 aliphatic rings. The van der Waals surface area contributed by atoms with Gasteiger partial charge in [-0.05, 0) is 397 Å². The van der Waals surface area contributed by atoms with Gasteiger partial charge in [-0.15, -0.1) is 0 Å². The molecule has 5 fully saturated rings. The summed E-state index contributed by atoms with van der Waals surface area (Å²) in [5.74, 6) is 8.79. The summed E-state index contributed by atoms with van der Waals surface area (Å²) in [4.78, 5) is 65.1. The second kappa shape index (κ2) is 61.5. The van der Waals surface area contributed by atoms with E-state index in [1.54, 1.807) is 121 Å². The van der Waals surface area contributed by atoms with Crippen molar-refractivity contribution in [2.24, 2.45) is 29.6 Å². The highest BCUT2D eigenvalue weighted by atomic mass is 32.1. The van der Waals surface area contributed by atoms with Crippen LogP contribution in [0.1, 0.15) is 369 Å². The summed E-state index contributed by atoms with van der Waals surface area (Å²) in [5, 5.41) is 0. The van der Waals surface area contributed by atoms with Crippen molar-refractivity contribution in [2.75, 3.05) is 0 Å². The lowest BCUT2D eigenvalue weighted by atomic mass is 9.77. The Labute approximate surface area is 828 Å². The first-order valence-electron chi connectivity index (χ1n) is 48.7. The van der Waals surface area contributed by atoms with Crippen molar-refractivity contribution >= 4 is 93.0 Å². The SMILES string of the molecule is CCCC[C@H]1CC[C@H](c2ccc(C(=O)Oc3ccc([S])cc3)cc2)CC1.CCCC[C@H]1CC[C@H](c2ccc(C(=O)Oc3ccc([S])cc3)cc2)CC1.CCCC[C@H]1CC[C@H](c2ccc(C(=O)Oc3ccc([S])cc3)cc2)CC1.CCCC[C@H]1CC[C@H](c2ccc(C(=O)Oc3ccc([S])cc3)cc2)CC1.CCCC[C@H]1CC[C@H](c2ccc(C(=O)Oc3ccc([S])cc3)cc2)CC1.F.F.F.F.F. The molecule has 0 spiro atoms. The predicted octanol–water partition coefficient (Wildman–Crippen LogP) is 35.4. The van der Waals surface area contributed by atoms with Crippen LogP contribution in [-0.2, 0) is 0 Å². The number of hydrogen-bond donors (Lipinski definition) is 0. The maximum atomic E-state index is 12.3. The summed E-state index contributed by atoms with van der Waals surface area (Å²) >= 11 is 25.2. The van der Waals surface area contributed by atoms with Crippen LogP contribution in [0.15, 0.2) is 267 Å². The van der Waals surface area contributed by atoms with Gasteiger partial charge in [-0.25, -0.2) is 24.0 Å². The average molecular weight is 1940 g/mol. The van der Waals surface area contributed by atoms with E-state index in [1.807, 2.05) is 60.7 Å². The molecular weight excluding hydrogens is 1800 g/mol. The number of carbonyl (C=O) groups excluding carboxylic acids is 5. The molecule has 0 N–H and O–H groups in total. The highest BCUT2D eigenvalue weighted by molar-refractivity contribution is 7.81. The standard InChI is InChI=1S/5C23H27O2S.5FH/c5*1-2-3-4-17-5-7-18(8-6-17)19-9-11-20(12-10-19)23(24)25-21-13-15-22(26)16-14-21;;;;;/h5*9-18H,2-8H2,1H3;5*1H/t5*17-,18-;;;;;. The molecule has 0 unspecified atom stereocenters. The quantitative estimate of drug-likeness (QED) is 0.0244. The maximum Gasteiger partial charge on any atom is 0.343 e. The summed E-state index contributed by atoms with van der Waals surface area (Å²) in [5.41, 5.74) is 9.72. The molecule has 5 radical (unpaired) electrons. The van der Waals surface area contributed by atoms with E-state index >= 15 is 0 Å². The normalized spacial score (nSPS) is 19.1. The molecular formula is C115H140F5O10S5. The Hall–Kier alpha value is -9.70. The molecule has 10 aromatic rings. The molecule has 10 aromatic carbocycles. The van der Waals surface area contributed by atoms with Gasteiger partial charge < -0.3 is 23.7 Å². The topological polar surface area (TPSA) is 132 Å². The minimum atomic E-state index is -0.322. The van der Waals surface area contributed by atoms with Crippen molar-refractivity contribution in [3.63, 3.8) is 0 Å². The lowest BCUT2D eigenvalue weighted by Gasteiger charge is -2.28. The third kappa shape index (κ3) is 38.3. The Kier molecular flexibility index (Phi) is 51.9. The highest BCUT2D eigenvalue weighted by Gasteiger charge is 2.29. The molecule has 0 atom stereocenters. The van der Waals surface area contributed by atoms with Gasteiger partial charge in [0.05, 0.1) is 27.8 Å². The van der Waals surface area contributed by atoms with Gasteiger partial charge in [0, 0.05) is 24.5 Å². The third-order valence-electron chi connectivity index (χ3n) is 27.3. The van der Waals surface area contributed by atoms with Gasteiger partial charge in [0.25, 0.3) is 0 Å². The Morgan fingerprint density at radius 3 is 0.444 bits per heavy atom. The van der Waals surface area contributed by atoms with Crippen molar-refractivity contribution < 1.29 is 71.2 Å². The second-order valence-corrected chi connectivity index (χ2v) is 39.1. The van der Waals surface area contributed by atoms with Crippen LogP contribution < -0.4 is 23.7 Å². The summed E-state index contributed by atoms with van der Waals surface area (Å²) < 4.78 is 27.0. The van der Waals surface area contributed by atoms with E-state index in [0.29, 0.717) is 86.2 Å². The average Bonchev–Trinajstić information content (AvgIpc) is 0.854. The number of esters is 5. The van der Waals surface area contributed by atoms with Crippen LogP contribution in [0.25, 0.3) is 0 Å². The summed E-state index contributed by atoms with van der Waals surface area (Å²) in [7, 11) is 0. The predicted molar refractivity (Wildman–Crippen MR) is 552 cm³/mol. The number of benzene rings is 10. The first-order chi connectivity index (χ1) is 63.3. The van der Waals surface area contributed by atoms with Crippen LogP contribution in [0.4, 0.5) is 23.5 Å². The molecule has 0 saturated heterocycles. The molecule has 5 saturated carbocycles. The molecule has 0 bridgehead atoms. The molecule has 5 aliphatic carbocycles. The van der Waals surface area contributed by atoms with Gasteiger partial charge in [0.2, 0.25) is 0 Å². The minimum absolute atomic E-state index is 0. The Morgan fingerprint density at radius 2 is 0.326 bits per heavy atom. The van der Waals surface area contributed by atoms with Crippen molar-refractivity contribution in [1.29, 1.82) is 0 Å². The zero-order valence-corrected chi connectivity index (χ0v) is 83.4. The van der Waals surface area contributed by atoms with Gasteiger partial charge >= 0.3 is 29.8 Å². The number of ether oxygens (including phenoxy) is 5. The van der Waals surface area contributed by atoms with Crippen molar-refractivity contribution in [1.82, 2.24) is 0 Å². The lowest BCUT2D eigenvalue weighted by molar-refractivity contribution is 0.0725. The minimum Gasteiger partial charge on any atom is -0.423 e. The molecule has 10 nitrogen and oxygen atoms in total. The van der Waals surface area contributed by atoms with Crippen LogP contribution in [0.2, 0.25) is 0 Å².